The van der Waals surface area contributed by atoms with E-state index in [4.69, 9.17) is 24.3 Å². The summed E-state index contributed by atoms with van der Waals surface area (Å²) in [6, 6.07) is 0. The smallest absolute Gasteiger partial charge is 0.462 e. The number of rotatable bonds is 37. The topological polar surface area (TPSA) is 155 Å². The van der Waals surface area contributed by atoms with Crippen molar-refractivity contribution in [1.29, 1.82) is 0 Å². The summed E-state index contributed by atoms with van der Waals surface area (Å²) >= 11 is 0. The van der Waals surface area contributed by atoms with E-state index in [9.17, 15) is 24.2 Å². The molecule has 0 heterocycles. The van der Waals surface area contributed by atoms with Gasteiger partial charge in [-0.3, -0.25) is 18.6 Å². The van der Waals surface area contributed by atoms with Crippen LogP contribution in [0.2, 0.25) is 0 Å². The minimum Gasteiger partial charge on any atom is -0.462 e. The zero-order valence-electron chi connectivity index (χ0n) is 36.2. The standard InChI is InChI=1S/C49H74NO9P/c1-3-5-7-9-11-13-15-17-19-21-22-23-25-27-29-31-33-35-37-39-48(52)56-44-47(45-58-60(54,55)57-43-42-50)59-49(53)41-40-46(51)38-36-34-32-30-28-26-24-20-18-16-14-12-10-8-6-4-2/h5-8,11-14,17-20,22-23,26-29,32-36,38,46-47,51H,3-4,9-10,15-16,21,24-25,30-31,37,39-45,50H2,1-2H3,(H,54,55)/b7-5-,8-6-,13-11-,14-12-,19-17-,20-18-,23-22-,28-26-,29-27-,34-32-,35-33-,38-36-/t46?,47-/m1/s1. The molecule has 334 valence electrons. The van der Waals surface area contributed by atoms with Gasteiger partial charge in [-0.05, 0) is 83.5 Å². The number of phosphoric acid groups is 1. The van der Waals surface area contributed by atoms with E-state index in [1.807, 2.05) is 24.3 Å². The minimum absolute atomic E-state index is 0.00143. The molecule has 0 saturated heterocycles. The second kappa shape index (κ2) is 43.0. The maximum absolute atomic E-state index is 12.6. The third-order valence-corrected chi connectivity index (χ3v) is 8.84. The molecule has 0 saturated carbocycles. The fraction of sp³-hybridized carbons (Fsp3) is 0.469. The highest BCUT2D eigenvalue weighted by molar-refractivity contribution is 7.47. The van der Waals surface area contributed by atoms with Crippen LogP contribution in [0.5, 0.6) is 0 Å². The number of ether oxygens (including phenoxy) is 2. The summed E-state index contributed by atoms with van der Waals surface area (Å²) in [7, 11) is -4.47. The number of aliphatic hydroxyl groups is 1. The largest absolute Gasteiger partial charge is 0.472 e. The average molecular weight is 852 g/mol. The molecule has 0 aromatic rings. The van der Waals surface area contributed by atoms with Crippen molar-refractivity contribution < 1.29 is 42.7 Å². The van der Waals surface area contributed by atoms with Crippen molar-refractivity contribution in [3.05, 3.63) is 146 Å². The molecular formula is C49H74NO9P. The monoisotopic (exact) mass is 852 g/mol. The van der Waals surface area contributed by atoms with Crippen LogP contribution in [-0.4, -0.2) is 60.5 Å². The summed E-state index contributed by atoms with van der Waals surface area (Å²) in [5.41, 5.74) is 5.33. The molecule has 0 aliphatic rings. The highest BCUT2D eigenvalue weighted by atomic mass is 31.2. The summed E-state index contributed by atoms with van der Waals surface area (Å²) in [5.74, 6) is -1.23. The van der Waals surface area contributed by atoms with Gasteiger partial charge < -0.3 is 25.2 Å². The van der Waals surface area contributed by atoms with E-state index < -0.39 is 45.2 Å². The van der Waals surface area contributed by atoms with Crippen molar-refractivity contribution in [1.82, 2.24) is 0 Å². The van der Waals surface area contributed by atoms with E-state index in [1.165, 1.54) is 0 Å². The first-order valence-electron chi connectivity index (χ1n) is 21.4. The number of allylic oxidation sites excluding steroid dienone is 23. The van der Waals surface area contributed by atoms with Crippen molar-refractivity contribution >= 4 is 19.8 Å². The molecule has 3 atom stereocenters. The van der Waals surface area contributed by atoms with Gasteiger partial charge in [-0.2, -0.15) is 0 Å². The van der Waals surface area contributed by atoms with Crippen LogP contribution in [0.1, 0.15) is 110 Å². The van der Waals surface area contributed by atoms with E-state index in [1.54, 1.807) is 12.2 Å². The van der Waals surface area contributed by atoms with Crippen molar-refractivity contribution in [2.45, 2.75) is 122 Å². The van der Waals surface area contributed by atoms with Crippen LogP contribution in [0, 0.1) is 0 Å². The number of aliphatic hydroxyl groups excluding tert-OH is 1. The van der Waals surface area contributed by atoms with Crippen molar-refractivity contribution in [2.24, 2.45) is 5.73 Å². The molecule has 0 radical (unpaired) electrons. The highest BCUT2D eigenvalue weighted by Crippen LogP contribution is 2.43. The molecular weight excluding hydrogens is 778 g/mol. The minimum atomic E-state index is -4.47. The number of phosphoric ester groups is 1. The van der Waals surface area contributed by atoms with Crippen LogP contribution in [0.25, 0.3) is 0 Å². The molecule has 2 unspecified atom stereocenters. The molecule has 0 aromatic carbocycles. The van der Waals surface area contributed by atoms with E-state index in [0.717, 1.165) is 70.6 Å². The first-order chi connectivity index (χ1) is 29.2. The lowest BCUT2D eigenvalue weighted by atomic mass is 10.2. The van der Waals surface area contributed by atoms with Crippen molar-refractivity contribution in [3.8, 4) is 0 Å². The van der Waals surface area contributed by atoms with Crippen LogP contribution >= 0.6 is 7.82 Å². The average Bonchev–Trinajstić information content (AvgIpc) is 3.23. The van der Waals surface area contributed by atoms with E-state index in [0.29, 0.717) is 6.42 Å². The summed E-state index contributed by atoms with van der Waals surface area (Å²) in [6.07, 6.45) is 58.0. The van der Waals surface area contributed by atoms with Crippen molar-refractivity contribution in [2.75, 3.05) is 26.4 Å². The second-order valence-corrected chi connectivity index (χ2v) is 14.7. The molecule has 4 N–H and O–H groups in total. The third kappa shape index (κ3) is 42.0. The fourth-order valence-corrected chi connectivity index (χ4v) is 5.47. The Bertz CT molecular complexity index is 1500. The predicted molar refractivity (Wildman–Crippen MR) is 248 cm³/mol. The number of carbonyl (C=O) groups is 2. The van der Waals surface area contributed by atoms with Crippen LogP contribution in [0.4, 0.5) is 0 Å². The Kier molecular flexibility index (Phi) is 40.0. The quantitative estimate of drug-likeness (QED) is 0.0238. The van der Waals surface area contributed by atoms with Crippen molar-refractivity contribution in [3.63, 3.8) is 0 Å². The molecule has 0 aliphatic heterocycles. The number of carbonyl (C=O) groups excluding carboxylic acids is 2. The molecule has 0 amide bonds. The number of esters is 2. The zero-order chi connectivity index (χ0) is 44.0. The lowest BCUT2D eigenvalue weighted by Gasteiger charge is -2.20. The summed E-state index contributed by atoms with van der Waals surface area (Å²) in [5, 5.41) is 10.3. The predicted octanol–water partition coefficient (Wildman–Crippen LogP) is 11.5. The molecule has 0 spiro atoms. The molecule has 11 heteroatoms. The second-order valence-electron chi connectivity index (χ2n) is 13.3. The molecule has 10 nitrogen and oxygen atoms in total. The van der Waals surface area contributed by atoms with Gasteiger partial charge in [0.25, 0.3) is 0 Å². The SMILES string of the molecule is CC/C=C\C/C=C\C/C=C\C/C=C\C/C=C\C=C/C(O)CCC(=O)O[C@H](COC(=O)CC/C=C\C/C=C\C/C=C\C/C=C\C/C=C\C/C=C\CC)COP(=O)(O)OCCN. The van der Waals surface area contributed by atoms with Gasteiger partial charge in [0.15, 0.2) is 6.10 Å². The first kappa shape index (κ1) is 55.9. The molecule has 0 bridgehead atoms. The van der Waals surface area contributed by atoms with E-state index in [2.05, 4.69) is 123 Å². The van der Waals surface area contributed by atoms with Gasteiger partial charge in [-0.15, -0.1) is 0 Å². The Labute approximate surface area is 361 Å². The summed E-state index contributed by atoms with van der Waals surface area (Å²) in [6.45, 7) is 3.09. The van der Waals surface area contributed by atoms with Gasteiger partial charge in [-0.1, -0.05) is 160 Å². The van der Waals surface area contributed by atoms with Gasteiger partial charge >= 0.3 is 19.8 Å². The lowest BCUT2D eigenvalue weighted by molar-refractivity contribution is -0.161. The van der Waals surface area contributed by atoms with Gasteiger partial charge in [0.05, 0.1) is 19.3 Å². The number of hydrogen-bond donors (Lipinski definition) is 3. The highest BCUT2D eigenvalue weighted by Gasteiger charge is 2.26. The first-order valence-corrected chi connectivity index (χ1v) is 22.9. The normalized spacial score (nSPS) is 15.2. The van der Waals surface area contributed by atoms with Gasteiger partial charge in [0, 0.05) is 19.4 Å². The van der Waals surface area contributed by atoms with Gasteiger partial charge in [-0.25, -0.2) is 4.57 Å². The maximum atomic E-state index is 12.6. The third-order valence-electron chi connectivity index (χ3n) is 7.85. The van der Waals surface area contributed by atoms with E-state index in [-0.39, 0.29) is 32.4 Å². The summed E-state index contributed by atoms with van der Waals surface area (Å²) < 4.78 is 32.5. The van der Waals surface area contributed by atoms with E-state index >= 15 is 0 Å². The van der Waals surface area contributed by atoms with Crippen LogP contribution in [0.15, 0.2) is 146 Å². The van der Waals surface area contributed by atoms with Crippen LogP contribution < -0.4 is 5.73 Å². The Balaban J connectivity index is 4.55. The molecule has 0 aromatic heterocycles. The fourth-order valence-electron chi connectivity index (χ4n) is 4.71. The van der Waals surface area contributed by atoms with Crippen LogP contribution in [0.3, 0.4) is 0 Å². The number of hydrogen-bond acceptors (Lipinski definition) is 9. The molecule has 0 fully saturated rings. The van der Waals surface area contributed by atoms with Gasteiger partial charge in [0.1, 0.15) is 6.61 Å². The maximum Gasteiger partial charge on any atom is 0.472 e. The molecule has 0 rings (SSSR count). The van der Waals surface area contributed by atoms with Gasteiger partial charge in [0.2, 0.25) is 0 Å². The van der Waals surface area contributed by atoms with Crippen LogP contribution in [-0.2, 0) is 32.7 Å². The Morgan fingerprint density at radius 3 is 1.45 bits per heavy atom. The number of nitrogens with two attached hydrogens (primary N) is 1. The summed E-state index contributed by atoms with van der Waals surface area (Å²) in [4.78, 5) is 34.9. The molecule has 0 aliphatic carbocycles. The Morgan fingerprint density at radius 2 is 1.00 bits per heavy atom. The Morgan fingerprint density at radius 1 is 0.567 bits per heavy atom. The zero-order valence-corrected chi connectivity index (χ0v) is 37.1. The Hall–Kier alpha value is -4.15. The lowest BCUT2D eigenvalue weighted by Crippen LogP contribution is -2.30. The molecule has 60 heavy (non-hydrogen) atoms.